The molecule has 0 bridgehead atoms. The Bertz CT molecular complexity index is 881. The molecule has 0 aliphatic rings. The standard InChI is InChI=1S/C23H24N2O4/c1-27-20-11-13-22(14-12-20)28-16-15-24-18-7-9-19(10-8-18)25-23(26)17-29-21-5-3-2-4-6-21/h2-14,24H,15-17H2,1H3,(H,25,26). The summed E-state index contributed by atoms with van der Waals surface area (Å²) >= 11 is 0. The summed E-state index contributed by atoms with van der Waals surface area (Å²) in [5, 5.41) is 6.09. The molecule has 0 radical (unpaired) electrons. The van der Waals surface area contributed by atoms with Crippen molar-refractivity contribution in [1.82, 2.24) is 0 Å². The van der Waals surface area contributed by atoms with Crippen LogP contribution in [-0.4, -0.2) is 32.8 Å². The van der Waals surface area contributed by atoms with Crippen molar-refractivity contribution in [2.45, 2.75) is 0 Å². The van der Waals surface area contributed by atoms with Gasteiger partial charge >= 0.3 is 0 Å². The van der Waals surface area contributed by atoms with Crippen LogP contribution in [0, 0.1) is 0 Å². The van der Waals surface area contributed by atoms with Crippen LogP contribution in [0.5, 0.6) is 17.2 Å². The lowest BCUT2D eigenvalue weighted by Crippen LogP contribution is -2.20. The lowest BCUT2D eigenvalue weighted by molar-refractivity contribution is -0.118. The Kier molecular flexibility index (Phi) is 7.34. The van der Waals surface area contributed by atoms with E-state index in [9.17, 15) is 4.79 Å². The Hall–Kier alpha value is -3.67. The van der Waals surface area contributed by atoms with Gasteiger partial charge in [0.2, 0.25) is 0 Å². The number of carbonyl (C=O) groups is 1. The van der Waals surface area contributed by atoms with E-state index >= 15 is 0 Å². The van der Waals surface area contributed by atoms with Crippen LogP contribution in [0.1, 0.15) is 0 Å². The van der Waals surface area contributed by atoms with Gasteiger partial charge in [0.25, 0.3) is 5.91 Å². The fourth-order valence-electron chi connectivity index (χ4n) is 2.57. The monoisotopic (exact) mass is 392 g/mol. The molecule has 3 aromatic rings. The number of hydrogen-bond donors (Lipinski definition) is 2. The zero-order valence-electron chi connectivity index (χ0n) is 16.3. The van der Waals surface area contributed by atoms with E-state index in [1.807, 2.05) is 78.9 Å². The minimum Gasteiger partial charge on any atom is -0.497 e. The minimum atomic E-state index is -0.206. The van der Waals surface area contributed by atoms with Crippen LogP contribution in [0.4, 0.5) is 11.4 Å². The molecule has 0 fully saturated rings. The van der Waals surface area contributed by atoms with E-state index in [1.165, 1.54) is 0 Å². The summed E-state index contributed by atoms with van der Waals surface area (Å²) in [7, 11) is 1.63. The molecule has 0 unspecified atom stereocenters. The minimum absolute atomic E-state index is 0.0350. The maximum atomic E-state index is 12.0. The summed E-state index contributed by atoms with van der Waals surface area (Å²) < 4.78 is 16.2. The highest BCUT2D eigenvalue weighted by atomic mass is 16.5. The molecule has 3 rings (SSSR count). The number of benzene rings is 3. The lowest BCUT2D eigenvalue weighted by Gasteiger charge is -2.10. The number of para-hydroxylation sites is 1. The van der Waals surface area contributed by atoms with Crippen LogP contribution in [-0.2, 0) is 4.79 Å². The van der Waals surface area contributed by atoms with Crippen LogP contribution in [0.3, 0.4) is 0 Å². The van der Waals surface area contributed by atoms with E-state index in [0.29, 0.717) is 24.6 Å². The smallest absolute Gasteiger partial charge is 0.262 e. The van der Waals surface area contributed by atoms with E-state index in [0.717, 1.165) is 17.2 Å². The van der Waals surface area contributed by atoms with E-state index in [4.69, 9.17) is 14.2 Å². The SMILES string of the molecule is COc1ccc(OCCNc2ccc(NC(=O)COc3ccccc3)cc2)cc1. The van der Waals surface area contributed by atoms with E-state index < -0.39 is 0 Å². The summed E-state index contributed by atoms with van der Waals surface area (Å²) in [5.74, 6) is 2.05. The summed E-state index contributed by atoms with van der Waals surface area (Å²) in [6.07, 6.45) is 0. The molecule has 2 N–H and O–H groups in total. The topological polar surface area (TPSA) is 68.8 Å². The van der Waals surface area contributed by atoms with Gasteiger partial charge in [0.15, 0.2) is 6.61 Å². The van der Waals surface area contributed by atoms with E-state index in [2.05, 4.69) is 10.6 Å². The van der Waals surface area contributed by atoms with Gasteiger partial charge in [0, 0.05) is 17.9 Å². The number of methoxy groups -OCH3 is 1. The number of ether oxygens (including phenoxy) is 3. The van der Waals surface area contributed by atoms with Gasteiger partial charge in [-0.2, -0.15) is 0 Å². The summed E-state index contributed by atoms with van der Waals surface area (Å²) in [5.41, 5.74) is 1.66. The number of amides is 1. The Morgan fingerprint density at radius 2 is 1.38 bits per heavy atom. The Morgan fingerprint density at radius 3 is 2.07 bits per heavy atom. The molecule has 0 aromatic heterocycles. The quantitative estimate of drug-likeness (QED) is 0.506. The molecule has 6 heteroatoms. The van der Waals surface area contributed by atoms with Gasteiger partial charge in [-0.15, -0.1) is 0 Å². The van der Waals surface area contributed by atoms with Crippen molar-refractivity contribution >= 4 is 17.3 Å². The van der Waals surface area contributed by atoms with Crippen LogP contribution in [0.2, 0.25) is 0 Å². The predicted octanol–water partition coefficient (Wildman–Crippen LogP) is 4.20. The van der Waals surface area contributed by atoms with Gasteiger partial charge in [0.05, 0.1) is 7.11 Å². The maximum Gasteiger partial charge on any atom is 0.262 e. The second-order valence-corrected chi connectivity index (χ2v) is 6.18. The molecule has 0 atom stereocenters. The highest BCUT2D eigenvalue weighted by Crippen LogP contribution is 2.17. The second kappa shape index (κ2) is 10.6. The van der Waals surface area contributed by atoms with Crippen molar-refractivity contribution in [2.24, 2.45) is 0 Å². The van der Waals surface area contributed by atoms with Gasteiger partial charge in [-0.05, 0) is 60.7 Å². The largest absolute Gasteiger partial charge is 0.497 e. The third-order valence-electron chi connectivity index (χ3n) is 4.04. The van der Waals surface area contributed by atoms with Gasteiger partial charge in [0.1, 0.15) is 23.9 Å². The fraction of sp³-hybridized carbons (Fsp3) is 0.174. The highest BCUT2D eigenvalue weighted by Gasteiger charge is 2.04. The molecule has 0 saturated heterocycles. The molecule has 0 spiro atoms. The molecule has 150 valence electrons. The Morgan fingerprint density at radius 1 is 0.759 bits per heavy atom. The second-order valence-electron chi connectivity index (χ2n) is 6.18. The molecule has 6 nitrogen and oxygen atoms in total. The summed E-state index contributed by atoms with van der Waals surface area (Å²) in [4.78, 5) is 12.0. The molecule has 29 heavy (non-hydrogen) atoms. The number of anilines is 2. The first-order valence-electron chi connectivity index (χ1n) is 9.31. The molecule has 0 aliphatic heterocycles. The highest BCUT2D eigenvalue weighted by molar-refractivity contribution is 5.92. The Balaban J connectivity index is 1.36. The van der Waals surface area contributed by atoms with Crippen molar-refractivity contribution in [3.63, 3.8) is 0 Å². The molecule has 0 heterocycles. The molecule has 3 aromatic carbocycles. The first-order valence-corrected chi connectivity index (χ1v) is 9.31. The maximum absolute atomic E-state index is 12.0. The fourth-order valence-corrected chi connectivity index (χ4v) is 2.57. The number of carbonyl (C=O) groups excluding carboxylic acids is 1. The van der Waals surface area contributed by atoms with Crippen LogP contribution in [0.15, 0.2) is 78.9 Å². The first-order chi connectivity index (χ1) is 14.2. The first kappa shape index (κ1) is 20.1. The molecule has 0 aliphatic carbocycles. The van der Waals surface area contributed by atoms with Crippen molar-refractivity contribution in [3.05, 3.63) is 78.9 Å². The van der Waals surface area contributed by atoms with Gasteiger partial charge < -0.3 is 24.8 Å². The molecular weight excluding hydrogens is 368 g/mol. The van der Waals surface area contributed by atoms with Crippen LogP contribution in [0.25, 0.3) is 0 Å². The summed E-state index contributed by atoms with van der Waals surface area (Å²) in [6.45, 7) is 1.15. The predicted molar refractivity (Wildman–Crippen MR) is 114 cm³/mol. The molecular formula is C23H24N2O4. The van der Waals surface area contributed by atoms with E-state index in [-0.39, 0.29) is 12.5 Å². The van der Waals surface area contributed by atoms with Gasteiger partial charge in [-0.1, -0.05) is 18.2 Å². The summed E-state index contributed by atoms with van der Waals surface area (Å²) in [6, 6.07) is 24.2. The third-order valence-corrected chi connectivity index (χ3v) is 4.04. The van der Waals surface area contributed by atoms with Crippen molar-refractivity contribution in [2.75, 3.05) is 37.5 Å². The molecule has 0 saturated carbocycles. The van der Waals surface area contributed by atoms with Gasteiger partial charge in [-0.25, -0.2) is 0 Å². The van der Waals surface area contributed by atoms with Crippen molar-refractivity contribution in [1.29, 1.82) is 0 Å². The molecule has 1 amide bonds. The third kappa shape index (κ3) is 6.77. The average molecular weight is 392 g/mol. The lowest BCUT2D eigenvalue weighted by atomic mass is 10.2. The van der Waals surface area contributed by atoms with Crippen molar-refractivity contribution in [3.8, 4) is 17.2 Å². The zero-order chi connectivity index (χ0) is 20.3. The number of hydrogen-bond acceptors (Lipinski definition) is 5. The normalized spacial score (nSPS) is 10.1. The number of nitrogens with one attached hydrogen (secondary N) is 2. The average Bonchev–Trinajstić information content (AvgIpc) is 2.77. The zero-order valence-corrected chi connectivity index (χ0v) is 16.3. The van der Waals surface area contributed by atoms with E-state index in [1.54, 1.807) is 7.11 Å². The Labute approximate surface area is 170 Å². The van der Waals surface area contributed by atoms with Crippen molar-refractivity contribution < 1.29 is 19.0 Å². The van der Waals surface area contributed by atoms with Crippen LogP contribution >= 0.6 is 0 Å². The number of rotatable bonds is 10. The van der Waals surface area contributed by atoms with Crippen LogP contribution < -0.4 is 24.8 Å². The van der Waals surface area contributed by atoms with Gasteiger partial charge in [-0.3, -0.25) is 4.79 Å².